The molecule has 110 valence electrons. The van der Waals surface area contributed by atoms with E-state index in [0.29, 0.717) is 10.0 Å². The fourth-order valence-electron chi connectivity index (χ4n) is 1.70. The summed E-state index contributed by atoms with van der Waals surface area (Å²) in [7, 11) is 0. The largest absolute Gasteiger partial charge is 0.447 e. The third kappa shape index (κ3) is 3.56. The number of nitro groups is 1. The SMILES string of the molecule is CC(O)c1ccc(Oc2cc(Br)ccc2F)c([N+](=O)[O-])c1. The van der Waals surface area contributed by atoms with Crippen molar-refractivity contribution in [2.45, 2.75) is 13.0 Å². The van der Waals surface area contributed by atoms with Crippen molar-refractivity contribution in [3.8, 4) is 11.5 Å². The van der Waals surface area contributed by atoms with E-state index in [2.05, 4.69) is 15.9 Å². The molecule has 1 N–H and O–H groups in total. The lowest BCUT2D eigenvalue weighted by molar-refractivity contribution is -0.385. The van der Waals surface area contributed by atoms with Crippen LogP contribution in [0.15, 0.2) is 40.9 Å². The number of aliphatic hydroxyl groups is 1. The Morgan fingerprint density at radius 3 is 2.62 bits per heavy atom. The van der Waals surface area contributed by atoms with Gasteiger partial charge in [-0.1, -0.05) is 22.0 Å². The Morgan fingerprint density at radius 2 is 2.00 bits per heavy atom. The van der Waals surface area contributed by atoms with Gasteiger partial charge in [0.1, 0.15) is 0 Å². The maximum Gasteiger partial charge on any atom is 0.311 e. The predicted octanol–water partition coefficient (Wildman–Crippen LogP) is 4.34. The van der Waals surface area contributed by atoms with Crippen LogP contribution in [0, 0.1) is 15.9 Å². The van der Waals surface area contributed by atoms with E-state index in [0.717, 1.165) is 0 Å². The van der Waals surface area contributed by atoms with Crippen molar-refractivity contribution in [3.63, 3.8) is 0 Å². The molecule has 2 aromatic rings. The minimum atomic E-state index is -0.847. The van der Waals surface area contributed by atoms with Gasteiger partial charge in [0.05, 0.1) is 11.0 Å². The number of halogens is 2. The second-order valence-corrected chi connectivity index (χ2v) is 5.25. The topological polar surface area (TPSA) is 72.6 Å². The number of nitrogens with zero attached hydrogens (tertiary/aromatic N) is 1. The van der Waals surface area contributed by atoms with Gasteiger partial charge in [0.25, 0.3) is 0 Å². The third-order valence-electron chi connectivity index (χ3n) is 2.78. The molecule has 0 heterocycles. The lowest BCUT2D eigenvalue weighted by Gasteiger charge is -2.10. The zero-order valence-electron chi connectivity index (χ0n) is 10.9. The van der Waals surface area contributed by atoms with Gasteiger partial charge in [-0.2, -0.15) is 0 Å². The van der Waals surface area contributed by atoms with Gasteiger partial charge in [-0.15, -0.1) is 0 Å². The van der Waals surface area contributed by atoms with Gasteiger partial charge in [0.15, 0.2) is 11.6 Å². The Labute approximate surface area is 128 Å². The molecule has 0 radical (unpaired) electrons. The van der Waals surface area contributed by atoms with Crippen LogP contribution in [-0.2, 0) is 0 Å². The van der Waals surface area contributed by atoms with Crippen LogP contribution in [0.4, 0.5) is 10.1 Å². The average Bonchev–Trinajstić information content (AvgIpc) is 2.42. The Balaban J connectivity index is 2.44. The highest BCUT2D eigenvalue weighted by molar-refractivity contribution is 9.10. The summed E-state index contributed by atoms with van der Waals surface area (Å²) < 4.78 is 19.5. The first-order valence-electron chi connectivity index (χ1n) is 5.98. The van der Waals surface area contributed by atoms with Gasteiger partial charge in [-0.25, -0.2) is 4.39 Å². The zero-order valence-corrected chi connectivity index (χ0v) is 12.5. The molecule has 0 aliphatic heterocycles. The molecule has 0 amide bonds. The first-order valence-corrected chi connectivity index (χ1v) is 6.77. The molecule has 7 heteroatoms. The summed E-state index contributed by atoms with van der Waals surface area (Å²) in [6.45, 7) is 1.49. The smallest absolute Gasteiger partial charge is 0.311 e. The van der Waals surface area contributed by atoms with Crippen LogP contribution in [0.5, 0.6) is 11.5 Å². The molecule has 0 aliphatic carbocycles. The van der Waals surface area contributed by atoms with Crippen LogP contribution in [0.2, 0.25) is 0 Å². The van der Waals surface area contributed by atoms with Crippen molar-refractivity contribution in [1.82, 2.24) is 0 Å². The van der Waals surface area contributed by atoms with Crippen LogP contribution in [0.1, 0.15) is 18.6 Å². The van der Waals surface area contributed by atoms with E-state index in [1.165, 1.54) is 43.3 Å². The summed E-state index contributed by atoms with van der Waals surface area (Å²) >= 11 is 3.17. The molecule has 0 fully saturated rings. The van der Waals surface area contributed by atoms with Crippen LogP contribution in [0.25, 0.3) is 0 Å². The van der Waals surface area contributed by atoms with Crippen LogP contribution in [0.3, 0.4) is 0 Å². The van der Waals surface area contributed by atoms with Crippen molar-refractivity contribution in [1.29, 1.82) is 0 Å². The summed E-state index contributed by atoms with van der Waals surface area (Å²) in [4.78, 5) is 10.4. The van der Waals surface area contributed by atoms with E-state index in [4.69, 9.17) is 4.74 Å². The van der Waals surface area contributed by atoms with E-state index in [-0.39, 0.29) is 17.2 Å². The van der Waals surface area contributed by atoms with Gasteiger partial charge in [-0.3, -0.25) is 10.1 Å². The molecule has 0 bridgehead atoms. The summed E-state index contributed by atoms with van der Waals surface area (Å²) in [5.74, 6) is -0.856. The number of nitro benzene ring substituents is 1. The van der Waals surface area contributed by atoms with E-state index in [9.17, 15) is 19.6 Å². The number of rotatable bonds is 4. The Morgan fingerprint density at radius 1 is 1.29 bits per heavy atom. The maximum absolute atomic E-state index is 13.6. The Hall–Kier alpha value is -1.99. The number of aliphatic hydroxyl groups excluding tert-OH is 1. The Kier molecular flexibility index (Phi) is 4.54. The minimum Gasteiger partial charge on any atom is -0.447 e. The fourth-order valence-corrected chi connectivity index (χ4v) is 2.04. The lowest BCUT2D eigenvalue weighted by Crippen LogP contribution is -1.98. The molecule has 2 rings (SSSR count). The normalized spacial score (nSPS) is 12.0. The number of hydrogen-bond donors (Lipinski definition) is 1. The quantitative estimate of drug-likeness (QED) is 0.653. The number of benzene rings is 2. The first-order chi connectivity index (χ1) is 9.88. The summed E-state index contributed by atoms with van der Waals surface area (Å²) in [5, 5.41) is 20.5. The molecule has 0 spiro atoms. The molecular formula is C14H11BrFNO4. The monoisotopic (exact) mass is 355 g/mol. The molecule has 2 aromatic carbocycles. The summed E-state index contributed by atoms with van der Waals surface area (Å²) in [6.07, 6.45) is -0.847. The summed E-state index contributed by atoms with van der Waals surface area (Å²) in [5.41, 5.74) is 0.0385. The number of hydrogen-bond acceptors (Lipinski definition) is 4. The molecule has 0 saturated heterocycles. The van der Waals surface area contributed by atoms with E-state index >= 15 is 0 Å². The average molecular weight is 356 g/mol. The fraction of sp³-hybridized carbons (Fsp3) is 0.143. The lowest BCUT2D eigenvalue weighted by atomic mass is 10.1. The highest BCUT2D eigenvalue weighted by Crippen LogP contribution is 2.35. The van der Waals surface area contributed by atoms with Gasteiger partial charge in [-0.05, 0) is 36.8 Å². The van der Waals surface area contributed by atoms with Crippen molar-refractivity contribution in [2.75, 3.05) is 0 Å². The molecule has 1 atom stereocenters. The molecule has 0 aromatic heterocycles. The minimum absolute atomic E-state index is 0.0959. The van der Waals surface area contributed by atoms with Crippen molar-refractivity contribution >= 4 is 21.6 Å². The van der Waals surface area contributed by atoms with Gasteiger partial charge < -0.3 is 9.84 Å². The zero-order chi connectivity index (χ0) is 15.6. The van der Waals surface area contributed by atoms with Crippen molar-refractivity contribution in [2.24, 2.45) is 0 Å². The molecule has 5 nitrogen and oxygen atoms in total. The predicted molar refractivity (Wildman–Crippen MR) is 77.9 cm³/mol. The molecule has 1 unspecified atom stereocenters. The summed E-state index contributed by atoms with van der Waals surface area (Å²) in [6, 6.07) is 8.09. The van der Waals surface area contributed by atoms with E-state index in [1.807, 2.05) is 0 Å². The van der Waals surface area contributed by atoms with Gasteiger partial charge in [0, 0.05) is 10.5 Å². The van der Waals surface area contributed by atoms with Crippen molar-refractivity contribution in [3.05, 3.63) is 62.4 Å². The van der Waals surface area contributed by atoms with Gasteiger partial charge in [0.2, 0.25) is 5.75 Å². The van der Waals surface area contributed by atoms with Crippen molar-refractivity contribution < 1.29 is 19.2 Å². The third-order valence-corrected chi connectivity index (χ3v) is 3.27. The molecule has 0 saturated carbocycles. The standard InChI is InChI=1S/C14H11BrFNO4/c1-8(18)9-2-5-13(12(6-9)17(19)20)21-14-7-10(15)3-4-11(14)16/h2-8,18H,1H3. The van der Waals surface area contributed by atoms with Crippen LogP contribution < -0.4 is 4.74 Å². The van der Waals surface area contributed by atoms with Gasteiger partial charge >= 0.3 is 5.69 Å². The highest BCUT2D eigenvalue weighted by atomic mass is 79.9. The molecular weight excluding hydrogens is 345 g/mol. The second kappa shape index (κ2) is 6.19. The first kappa shape index (κ1) is 15.4. The number of ether oxygens (including phenoxy) is 1. The second-order valence-electron chi connectivity index (χ2n) is 4.34. The van der Waals surface area contributed by atoms with E-state index in [1.54, 1.807) is 0 Å². The Bertz CT molecular complexity index is 691. The highest BCUT2D eigenvalue weighted by Gasteiger charge is 2.19. The van der Waals surface area contributed by atoms with Crippen LogP contribution >= 0.6 is 15.9 Å². The van der Waals surface area contributed by atoms with E-state index < -0.39 is 16.8 Å². The van der Waals surface area contributed by atoms with Crippen LogP contribution in [-0.4, -0.2) is 10.0 Å². The maximum atomic E-state index is 13.6. The molecule has 21 heavy (non-hydrogen) atoms. The molecule has 0 aliphatic rings.